The molecule has 7 heteroatoms. The molecule has 35 heavy (non-hydrogen) atoms. The molecule has 0 radical (unpaired) electrons. The second kappa shape index (κ2) is 11.0. The zero-order valence-electron chi connectivity index (χ0n) is 19.7. The first kappa shape index (κ1) is 26.4. The predicted molar refractivity (Wildman–Crippen MR) is 135 cm³/mol. The Kier molecular flexibility index (Phi) is 8.33. The van der Waals surface area contributed by atoms with Crippen LogP contribution in [0.4, 0.5) is 13.2 Å². The summed E-state index contributed by atoms with van der Waals surface area (Å²) >= 11 is 1.32. The van der Waals surface area contributed by atoms with Gasteiger partial charge in [0.05, 0.1) is 5.56 Å². The fourth-order valence-corrected chi connectivity index (χ4v) is 4.31. The number of hydrogen-bond donors (Lipinski definition) is 1. The molecule has 0 aliphatic carbocycles. The predicted octanol–water partition coefficient (Wildman–Crippen LogP) is 8.20. The summed E-state index contributed by atoms with van der Waals surface area (Å²) in [5.74, 6) is -0.150. The maximum atomic E-state index is 12.8. The van der Waals surface area contributed by atoms with Crippen molar-refractivity contribution in [2.45, 2.75) is 43.0 Å². The van der Waals surface area contributed by atoms with Crippen LogP contribution in [-0.2, 0) is 11.0 Å². The third-order valence-electron chi connectivity index (χ3n) is 5.82. The van der Waals surface area contributed by atoms with Crippen LogP contribution in [0.5, 0.6) is 5.75 Å². The summed E-state index contributed by atoms with van der Waals surface area (Å²) in [6, 6.07) is 20.1. The molecule has 3 aromatic carbocycles. The average molecular weight is 501 g/mol. The molecule has 0 aliphatic rings. The number of allylic oxidation sites excluding steroid dienone is 1. The van der Waals surface area contributed by atoms with Gasteiger partial charge in [0, 0.05) is 4.90 Å². The zero-order valence-corrected chi connectivity index (χ0v) is 20.5. The summed E-state index contributed by atoms with van der Waals surface area (Å²) in [6.07, 6.45) is -1.88. The van der Waals surface area contributed by atoms with Gasteiger partial charge in [-0.3, -0.25) is 4.79 Å². The maximum Gasteiger partial charge on any atom is 0.416 e. The highest BCUT2D eigenvalue weighted by Crippen LogP contribution is 2.36. The number of thioether (sulfide) groups is 1. The van der Waals surface area contributed by atoms with Gasteiger partial charge in [0.15, 0.2) is 0 Å². The number of rotatable bonds is 9. The number of aliphatic carboxylic acids is 1. The molecule has 3 rings (SSSR count). The van der Waals surface area contributed by atoms with Crippen LogP contribution in [-0.4, -0.2) is 22.4 Å². The summed E-state index contributed by atoms with van der Waals surface area (Å²) in [4.78, 5) is 12.4. The molecule has 0 aromatic heterocycles. The van der Waals surface area contributed by atoms with Crippen LogP contribution in [0.25, 0.3) is 16.7 Å². The molecular formula is C28H27F3O3S. The van der Waals surface area contributed by atoms with Gasteiger partial charge in [-0.2, -0.15) is 13.2 Å². The van der Waals surface area contributed by atoms with Crippen LogP contribution in [0.3, 0.4) is 0 Å². The Morgan fingerprint density at radius 2 is 1.49 bits per heavy atom. The molecular weight excluding hydrogens is 473 g/mol. The smallest absolute Gasteiger partial charge is 0.416 e. The van der Waals surface area contributed by atoms with Crippen molar-refractivity contribution >= 4 is 23.3 Å². The minimum Gasteiger partial charge on any atom is -0.490 e. The van der Waals surface area contributed by atoms with E-state index in [0.717, 1.165) is 39.3 Å². The van der Waals surface area contributed by atoms with E-state index in [1.165, 1.54) is 23.9 Å². The minimum absolute atomic E-state index is 0.362. The number of alkyl halides is 3. The first-order chi connectivity index (χ1) is 16.5. The quantitative estimate of drug-likeness (QED) is 0.301. The lowest BCUT2D eigenvalue weighted by Crippen LogP contribution is -2.30. The van der Waals surface area contributed by atoms with Crippen molar-refractivity contribution in [3.05, 3.63) is 90.0 Å². The van der Waals surface area contributed by atoms with E-state index in [0.29, 0.717) is 18.8 Å². The van der Waals surface area contributed by atoms with E-state index >= 15 is 0 Å². The Morgan fingerprint density at radius 1 is 0.943 bits per heavy atom. The minimum atomic E-state index is -4.34. The fourth-order valence-electron chi connectivity index (χ4n) is 3.29. The van der Waals surface area contributed by atoms with Gasteiger partial charge in [0.25, 0.3) is 0 Å². The molecule has 0 amide bonds. The Bertz CT molecular complexity index is 1170. The second-order valence-corrected chi connectivity index (χ2v) is 9.89. The van der Waals surface area contributed by atoms with Gasteiger partial charge < -0.3 is 9.84 Å². The lowest BCUT2D eigenvalue weighted by atomic mass is 10.00. The van der Waals surface area contributed by atoms with Crippen molar-refractivity contribution < 1.29 is 27.8 Å². The molecule has 3 nitrogen and oxygen atoms in total. The van der Waals surface area contributed by atoms with Gasteiger partial charge in [-0.25, -0.2) is 0 Å². The summed E-state index contributed by atoms with van der Waals surface area (Å²) in [5.41, 5.74) is 2.90. The van der Waals surface area contributed by atoms with Crippen molar-refractivity contribution in [2.75, 3.05) is 6.61 Å². The van der Waals surface area contributed by atoms with Crippen LogP contribution >= 0.6 is 11.8 Å². The highest BCUT2D eigenvalue weighted by atomic mass is 32.2. The van der Waals surface area contributed by atoms with Gasteiger partial charge >= 0.3 is 12.1 Å². The van der Waals surface area contributed by atoms with Gasteiger partial charge in [-0.15, -0.1) is 11.8 Å². The first-order valence-electron chi connectivity index (χ1n) is 11.1. The molecule has 0 bridgehead atoms. The largest absolute Gasteiger partial charge is 0.490 e. The van der Waals surface area contributed by atoms with Crippen LogP contribution < -0.4 is 4.74 Å². The highest BCUT2D eigenvalue weighted by molar-refractivity contribution is 8.01. The number of hydrogen-bond acceptors (Lipinski definition) is 3. The first-order valence-corrected chi connectivity index (χ1v) is 11.9. The van der Waals surface area contributed by atoms with E-state index in [1.807, 2.05) is 68.5 Å². The summed E-state index contributed by atoms with van der Waals surface area (Å²) < 4.78 is 43.2. The number of ether oxygens (including phenoxy) is 1. The summed E-state index contributed by atoms with van der Waals surface area (Å²) in [6.45, 7) is 5.90. The average Bonchev–Trinajstić information content (AvgIpc) is 2.84. The standard InChI is InChI=1S/C28H27F3O3S/c1-4-27(3,26(32)33)35-25-15-13-24(14-16-25)34-18-17-19(2)20-5-7-21(8-6-20)22-9-11-23(12-10-22)28(29,30)31/h5-17H,4,18H2,1-3H3,(H,32,33)/t27-/m1/s1. The third kappa shape index (κ3) is 6.92. The number of carbonyl (C=O) groups is 1. The lowest BCUT2D eigenvalue weighted by molar-refractivity contribution is -0.139. The number of carboxylic acid groups (broad SMARTS) is 1. The number of halogens is 3. The van der Waals surface area contributed by atoms with Crippen LogP contribution in [0.15, 0.2) is 83.8 Å². The normalized spacial score (nSPS) is 13.8. The molecule has 0 saturated heterocycles. The van der Waals surface area contributed by atoms with Crippen LogP contribution in [0.2, 0.25) is 0 Å². The Morgan fingerprint density at radius 3 is 1.97 bits per heavy atom. The Labute approximate surface area is 207 Å². The monoisotopic (exact) mass is 500 g/mol. The highest BCUT2D eigenvalue weighted by Gasteiger charge is 2.32. The Balaban J connectivity index is 1.58. The molecule has 1 atom stereocenters. The van der Waals surface area contributed by atoms with E-state index in [1.54, 1.807) is 6.92 Å². The van der Waals surface area contributed by atoms with Crippen molar-refractivity contribution in [3.63, 3.8) is 0 Å². The molecule has 1 N–H and O–H groups in total. The van der Waals surface area contributed by atoms with Gasteiger partial charge in [0.1, 0.15) is 17.1 Å². The maximum absolute atomic E-state index is 12.8. The van der Waals surface area contributed by atoms with Gasteiger partial charge in [-0.1, -0.05) is 43.3 Å². The van der Waals surface area contributed by atoms with E-state index in [-0.39, 0.29) is 0 Å². The molecule has 0 aliphatic heterocycles. The number of carboxylic acids is 1. The van der Waals surface area contributed by atoms with Crippen LogP contribution in [0, 0.1) is 0 Å². The summed E-state index contributed by atoms with van der Waals surface area (Å²) in [7, 11) is 0. The van der Waals surface area contributed by atoms with Crippen molar-refractivity contribution in [3.8, 4) is 16.9 Å². The van der Waals surface area contributed by atoms with Gasteiger partial charge in [0.2, 0.25) is 0 Å². The number of benzene rings is 3. The molecule has 0 unspecified atom stereocenters. The topological polar surface area (TPSA) is 46.5 Å². The second-order valence-electron chi connectivity index (χ2n) is 8.31. The SMILES string of the molecule is CC[C@@](C)(Sc1ccc(OCC=C(C)c2ccc(-c3ccc(C(F)(F)F)cc3)cc2)cc1)C(=O)O. The van der Waals surface area contributed by atoms with Crippen molar-refractivity contribution in [1.82, 2.24) is 0 Å². The van der Waals surface area contributed by atoms with Crippen molar-refractivity contribution in [1.29, 1.82) is 0 Å². The van der Waals surface area contributed by atoms with Crippen LogP contribution in [0.1, 0.15) is 38.3 Å². The van der Waals surface area contributed by atoms with E-state index in [2.05, 4.69) is 0 Å². The van der Waals surface area contributed by atoms with E-state index < -0.39 is 22.5 Å². The fraction of sp³-hybridized carbons (Fsp3) is 0.250. The third-order valence-corrected chi connectivity index (χ3v) is 7.24. The molecule has 0 heterocycles. The van der Waals surface area contributed by atoms with E-state index in [4.69, 9.17) is 4.74 Å². The van der Waals surface area contributed by atoms with Gasteiger partial charge in [-0.05, 0) is 85.0 Å². The summed E-state index contributed by atoms with van der Waals surface area (Å²) in [5, 5.41) is 9.43. The molecule has 3 aromatic rings. The molecule has 184 valence electrons. The lowest BCUT2D eigenvalue weighted by Gasteiger charge is -2.22. The van der Waals surface area contributed by atoms with E-state index in [9.17, 15) is 23.1 Å². The van der Waals surface area contributed by atoms with Crippen molar-refractivity contribution in [2.24, 2.45) is 0 Å². The Hall–Kier alpha value is -3.19. The molecule has 0 spiro atoms. The molecule has 0 fully saturated rings. The molecule has 0 saturated carbocycles. The zero-order chi connectivity index (χ0) is 25.6.